The maximum Gasteiger partial charge on any atom is 0.0159 e. The van der Waals surface area contributed by atoms with Gasteiger partial charge in [-0.15, -0.1) is 0 Å². The van der Waals surface area contributed by atoms with Crippen LogP contribution in [0, 0.1) is 0 Å². The molecule has 0 spiro atoms. The van der Waals surface area contributed by atoms with Gasteiger partial charge >= 0.3 is 0 Å². The fraction of sp³-hybridized carbons (Fsp3) is 0.167. The van der Waals surface area contributed by atoms with Crippen molar-refractivity contribution in [3.8, 4) is 0 Å². The number of benzene rings is 5. The largest absolute Gasteiger partial charge is 0.0619 e. The third kappa shape index (κ3) is 2.76. The first-order valence-corrected chi connectivity index (χ1v) is 13.0. The molecule has 0 fully saturated rings. The summed E-state index contributed by atoms with van der Waals surface area (Å²) in [5.74, 6) is 0. The zero-order chi connectivity index (χ0) is 24.7. The molecule has 174 valence electrons. The van der Waals surface area contributed by atoms with Crippen LogP contribution < -0.4 is 0 Å². The highest BCUT2D eigenvalue weighted by atomic mass is 14.4. The second-order valence-corrected chi connectivity index (χ2v) is 11.4. The van der Waals surface area contributed by atoms with Crippen LogP contribution in [0.1, 0.15) is 61.1 Å². The Balaban J connectivity index is 1.59. The van der Waals surface area contributed by atoms with Crippen molar-refractivity contribution < 1.29 is 0 Å². The van der Waals surface area contributed by atoms with Gasteiger partial charge in [-0.25, -0.2) is 0 Å². The molecular formula is C36H30. The van der Waals surface area contributed by atoms with Gasteiger partial charge in [-0.3, -0.25) is 0 Å². The topological polar surface area (TPSA) is 0 Å². The Bertz CT molecular complexity index is 1580. The fourth-order valence-corrected chi connectivity index (χ4v) is 6.82. The van der Waals surface area contributed by atoms with Crippen LogP contribution in [0.25, 0.3) is 44.8 Å². The van der Waals surface area contributed by atoms with Crippen LogP contribution in [-0.2, 0) is 10.8 Å². The Morgan fingerprint density at radius 1 is 0.389 bits per heavy atom. The van der Waals surface area contributed by atoms with Crippen LogP contribution in [0.5, 0.6) is 0 Å². The highest BCUT2D eigenvalue weighted by Crippen LogP contribution is 2.54. The van der Waals surface area contributed by atoms with E-state index >= 15 is 0 Å². The number of hydrogen-bond donors (Lipinski definition) is 0. The van der Waals surface area contributed by atoms with Crippen molar-refractivity contribution in [2.75, 3.05) is 0 Å². The monoisotopic (exact) mass is 462 g/mol. The molecule has 0 amide bonds. The van der Waals surface area contributed by atoms with E-state index in [1.165, 1.54) is 66.1 Å². The van der Waals surface area contributed by atoms with Crippen LogP contribution in [0.2, 0.25) is 0 Å². The standard InChI is InChI=1S/C36H30/c1-35(2)29-19-11-5-13-23(29)21-31(35)33-25-15-7-9-17-27(25)34(28-18-10-8-16-26(28)33)32-22-24-14-6-12-20-30(24)36(32,3)4/h5-22H,1-4H3. The molecule has 0 heteroatoms. The quantitative estimate of drug-likeness (QED) is 0.229. The van der Waals surface area contributed by atoms with E-state index in [1.807, 2.05) is 0 Å². The smallest absolute Gasteiger partial charge is 0.0159 e. The maximum absolute atomic E-state index is 2.43. The van der Waals surface area contributed by atoms with E-state index in [2.05, 4.69) is 137 Å². The Morgan fingerprint density at radius 3 is 1.03 bits per heavy atom. The summed E-state index contributed by atoms with van der Waals surface area (Å²) in [6.45, 7) is 9.51. The zero-order valence-corrected chi connectivity index (χ0v) is 21.4. The lowest BCUT2D eigenvalue weighted by Crippen LogP contribution is -2.18. The number of allylic oxidation sites excluding steroid dienone is 2. The lowest BCUT2D eigenvalue weighted by atomic mass is 9.73. The van der Waals surface area contributed by atoms with Crippen LogP contribution in [0.4, 0.5) is 0 Å². The Kier molecular flexibility index (Phi) is 4.34. The molecule has 2 aliphatic rings. The molecule has 0 saturated carbocycles. The third-order valence-corrected chi connectivity index (χ3v) is 8.68. The number of hydrogen-bond acceptors (Lipinski definition) is 0. The highest BCUT2D eigenvalue weighted by molar-refractivity contribution is 6.20. The SMILES string of the molecule is CC1(C)C(c2c3ccccc3c(C3=Cc4ccccc4C3(C)C)c3ccccc23)=Cc2ccccc21. The van der Waals surface area contributed by atoms with Gasteiger partial charge in [0.2, 0.25) is 0 Å². The van der Waals surface area contributed by atoms with Gasteiger partial charge in [0, 0.05) is 10.8 Å². The molecule has 2 aliphatic carbocycles. The Hall–Kier alpha value is -3.90. The predicted octanol–water partition coefficient (Wildman–Crippen LogP) is 9.66. The van der Waals surface area contributed by atoms with E-state index in [0.717, 1.165) is 0 Å². The molecule has 0 nitrogen and oxygen atoms in total. The maximum atomic E-state index is 2.43. The van der Waals surface area contributed by atoms with Crippen molar-refractivity contribution in [2.24, 2.45) is 0 Å². The van der Waals surface area contributed by atoms with Crippen molar-refractivity contribution in [3.05, 3.63) is 130 Å². The lowest BCUT2D eigenvalue weighted by molar-refractivity contribution is 0.704. The molecule has 0 radical (unpaired) electrons. The highest BCUT2D eigenvalue weighted by Gasteiger charge is 2.38. The van der Waals surface area contributed by atoms with E-state index in [1.54, 1.807) is 0 Å². The Labute approximate surface area is 213 Å². The average Bonchev–Trinajstić information content (AvgIpc) is 3.31. The summed E-state index contributed by atoms with van der Waals surface area (Å²) in [7, 11) is 0. The van der Waals surface area contributed by atoms with Crippen LogP contribution in [0.3, 0.4) is 0 Å². The van der Waals surface area contributed by atoms with Gasteiger partial charge in [0.05, 0.1) is 0 Å². The molecule has 0 N–H and O–H groups in total. The van der Waals surface area contributed by atoms with Crippen LogP contribution >= 0.6 is 0 Å². The molecule has 0 unspecified atom stereocenters. The summed E-state index contributed by atoms with van der Waals surface area (Å²) in [5.41, 5.74) is 10.9. The van der Waals surface area contributed by atoms with E-state index in [-0.39, 0.29) is 10.8 Å². The van der Waals surface area contributed by atoms with E-state index < -0.39 is 0 Å². The minimum atomic E-state index is -0.0637. The molecule has 0 heterocycles. The molecule has 5 aromatic carbocycles. The molecule has 0 aromatic heterocycles. The minimum Gasteiger partial charge on any atom is -0.0619 e. The molecule has 0 bridgehead atoms. The van der Waals surface area contributed by atoms with Crippen molar-refractivity contribution in [1.82, 2.24) is 0 Å². The predicted molar refractivity (Wildman–Crippen MR) is 156 cm³/mol. The fourth-order valence-electron chi connectivity index (χ4n) is 6.82. The second kappa shape index (κ2) is 7.31. The number of fused-ring (bicyclic) bond motifs is 4. The summed E-state index contributed by atoms with van der Waals surface area (Å²) < 4.78 is 0. The summed E-state index contributed by atoms with van der Waals surface area (Å²) >= 11 is 0. The lowest BCUT2D eigenvalue weighted by Gasteiger charge is -2.30. The Morgan fingerprint density at radius 2 is 0.694 bits per heavy atom. The van der Waals surface area contributed by atoms with Crippen molar-refractivity contribution >= 4 is 44.8 Å². The minimum absolute atomic E-state index is 0.0637. The molecule has 5 aromatic rings. The van der Waals surface area contributed by atoms with Gasteiger partial charge in [-0.05, 0) is 78.2 Å². The van der Waals surface area contributed by atoms with Gasteiger partial charge in [0.15, 0.2) is 0 Å². The van der Waals surface area contributed by atoms with Crippen molar-refractivity contribution in [1.29, 1.82) is 0 Å². The van der Waals surface area contributed by atoms with E-state index in [9.17, 15) is 0 Å². The van der Waals surface area contributed by atoms with Crippen LogP contribution in [0.15, 0.2) is 97.1 Å². The summed E-state index contributed by atoms with van der Waals surface area (Å²) in [5, 5.41) is 5.36. The normalized spacial score (nSPS) is 17.1. The first-order valence-electron chi connectivity index (χ1n) is 13.0. The van der Waals surface area contributed by atoms with E-state index in [4.69, 9.17) is 0 Å². The zero-order valence-electron chi connectivity index (χ0n) is 21.4. The average molecular weight is 463 g/mol. The first kappa shape index (κ1) is 21.4. The molecule has 0 saturated heterocycles. The van der Waals surface area contributed by atoms with Gasteiger partial charge in [-0.2, -0.15) is 0 Å². The molecular weight excluding hydrogens is 432 g/mol. The second-order valence-electron chi connectivity index (χ2n) is 11.4. The summed E-state index contributed by atoms with van der Waals surface area (Å²) in [4.78, 5) is 0. The van der Waals surface area contributed by atoms with E-state index in [0.29, 0.717) is 0 Å². The van der Waals surface area contributed by atoms with Crippen molar-refractivity contribution in [3.63, 3.8) is 0 Å². The molecule has 0 aliphatic heterocycles. The van der Waals surface area contributed by atoms with Gasteiger partial charge in [-0.1, -0.05) is 125 Å². The molecule has 36 heavy (non-hydrogen) atoms. The summed E-state index contributed by atoms with van der Waals surface area (Å²) in [6.07, 6.45) is 4.86. The summed E-state index contributed by atoms with van der Waals surface area (Å²) in [6, 6.07) is 35.8. The number of rotatable bonds is 2. The van der Waals surface area contributed by atoms with Gasteiger partial charge < -0.3 is 0 Å². The first-order chi connectivity index (χ1) is 17.4. The van der Waals surface area contributed by atoms with Gasteiger partial charge in [0.1, 0.15) is 0 Å². The van der Waals surface area contributed by atoms with Gasteiger partial charge in [0.25, 0.3) is 0 Å². The third-order valence-electron chi connectivity index (χ3n) is 8.68. The van der Waals surface area contributed by atoms with Crippen molar-refractivity contribution in [2.45, 2.75) is 38.5 Å². The molecule has 0 atom stereocenters. The van der Waals surface area contributed by atoms with Crippen LogP contribution in [-0.4, -0.2) is 0 Å². The molecule has 7 rings (SSSR count).